The van der Waals surface area contributed by atoms with Gasteiger partial charge in [-0.3, -0.25) is 0 Å². The van der Waals surface area contributed by atoms with E-state index in [9.17, 15) is 4.39 Å². The highest BCUT2D eigenvalue weighted by Crippen LogP contribution is 2.11. The van der Waals surface area contributed by atoms with E-state index in [1.165, 1.54) is 18.2 Å². The van der Waals surface area contributed by atoms with Crippen molar-refractivity contribution in [2.24, 2.45) is 0 Å². The first-order chi connectivity index (χ1) is 9.27. The van der Waals surface area contributed by atoms with E-state index >= 15 is 0 Å². The van der Waals surface area contributed by atoms with Gasteiger partial charge >= 0.3 is 0 Å². The number of nitriles is 1. The van der Waals surface area contributed by atoms with Crippen molar-refractivity contribution < 1.29 is 18.6 Å². The van der Waals surface area contributed by atoms with E-state index in [1.807, 2.05) is 6.07 Å². The molecule has 0 bridgehead atoms. The number of ether oxygens (including phenoxy) is 3. The number of hydrogen-bond acceptors (Lipinski definition) is 4. The summed E-state index contributed by atoms with van der Waals surface area (Å²) < 4.78 is 28.9. The molecule has 0 N–H and O–H groups in total. The van der Waals surface area contributed by atoms with Crippen LogP contribution in [-0.4, -0.2) is 33.5 Å². The summed E-state index contributed by atoms with van der Waals surface area (Å²) in [6.45, 7) is 2.29. The molecule has 4 nitrogen and oxygen atoms in total. The zero-order chi connectivity index (χ0) is 13.9. The van der Waals surface area contributed by atoms with Crippen LogP contribution in [0, 0.1) is 17.1 Å². The first-order valence-electron chi connectivity index (χ1n) is 6.11. The zero-order valence-electron chi connectivity index (χ0n) is 11.0. The molecule has 0 saturated carbocycles. The normalized spacial score (nSPS) is 10.4. The predicted octanol–water partition coefficient (Wildman–Crippen LogP) is 2.27. The molecule has 104 valence electrons. The maximum absolute atomic E-state index is 13.4. The Morgan fingerprint density at radius 2 is 1.95 bits per heavy atom. The number of hydrogen-bond donors (Lipinski definition) is 0. The van der Waals surface area contributed by atoms with Crippen molar-refractivity contribution >= 4 is 0 Å². The molecule has 0 fully saturated rings. The highest BCUT2D eigenvalue weighted by Gasteiger charge is 2.03. The van der Waals surface area contributed by atoms with E-state index in [0.717, 1.165) is 6.42 Å². The smallest absolute Gasteiger partial charge is 0.128 e. The molecule has 5 heteroatoms. The fraction of sp³-hybridized carbons (Fsp3) is 0.500. The molecule has 0 amide bonds. The lowest BCUT2D eigenvalue weighted by Crippen LogP contribution is -2.07. The highest BCUT2D eigenvalue weighted by atomic mass is 19.1. The third kappa shape index (κ3) is 6.30. The lowest BCUT2D eigenvalue weighted by Gasteiger charge is -2.07. The largest absolute Gasteiger partial charge is 0.385 e. The number of rotatable bonds is 9. The second-order valence-electron chi connectivity index (χ2n) is 3.93. The number of halogens is 1. The molecule has 0 atom stereocenters. The van der Waals surface area contributed by atoms with Gasteiger partial charge in [-0.25, -0.2) is 4.39 Å². The van der Waals surface area contributed by atoms with Gasteiger partial charge in [0.05, 0.1) is 31.5 Å². The Morgan fingerprint density at radius 3 is 2.68 bits per heavy atom. The van der Waals surface area contributed by atoms with Crippen LogP contribution in [0.3, 0.4) is 0 Å². The van der Waals surface area contributed by atoms with Crippen LogP contribution in [0.2, 0.25) is 0 Å². The average molecular weight is 267 g/mol. The van der Waals surface area contributed by atoms with Gasteiger partial charge in [0, 0.05) is 25.9 Å². The Morgan fingerprint density at radius 1 is 1.16 bits per heavy atom. The third-order valence-electron chi connectivity index (χ3n) is 2.44. The van der Waals surface area contributed by atoms with Crippen LogP contribution < -0.4 is 0 Å². The minimum absolute atomic E-state index is 0.142. The second kappa shape index (κ2) is 9.45. The quantitative estimate of drug-likeness (QED) is 0.644. The van der Waals surface area contributed by atoms with Gasteiger partial charge in [0.2, 0.25) is 0 Å². The Bertz CT molecular complexity index is 418. The summed E-state index contributed by atoms with van der Waals surface area (Å²) >= 11 is 0. The van der Waals surface area contributed by atoms with E-state index in [0.29, 0.717) is 37.6 Å². The summed E-state index contributed by atoms with van der Waals surface area (Å²) in [7, 11) is 1.65. The van der Waals surface area contributed by atoms with Crippen LogP contribution in [0.15, 0.2) is 18.2 Å². The van der Waals surface area contributed by atoms with Crippen molar-refractivity contribution in [3.8, 4) is 6.07 Å². The van der Waals surface area contributed by atoms with Gasteiger partial charge in [-0.15, -0.1) is 0 Å². The number of benzene rings is 1. The van der Waals surface area contributed by atoms with Gasteiger partial charge in [-0.05, 0) is 24.6 Å². The fourth-order valence-corrected chi connectivity index (χ4v) is 1.46. The third-order valence-corrected chi connectivity index (χ3v) is 2.44. The molecule has 1 aromatic rings. The monoisotopic (exact) mass is 267 g/mol. The first-order valence-corrected chi connectivity index (χ1v) is 6.11. The molecule has 19 heavy (non-hydrogen) atoms. The molecule has 1 aromatic carbocycles. The van der Waals surface area contributed by atoms with Gasteiger partial charge in [0.1, 0.15) is 5.82 Å². The summed E-state index contributed by atoms with van der Waals surface area (Å²) in [5.74, 6) is -0.361. The summed E-state index contributed by atoms with van der Waals surface area (Å²) in [4.78, 5) is 0. The Balaban J connectivity index is 2.17. The summed E-state index contributed by atoms with van der Waals surface area (Å²) in [5.41, 5.74) is 0.814. The summed E-state index contributed by atoms with van der Waals surface area (Å²) in [5, 5.41) is 8.72. The number of nitrogens with zero attached hydrogens (tertiary/aromatic N) is 1. The van der Waals surface area contributed by atoms with E-state index in [-0.39, 0.29) is 12.4 Å². The molecular weight excluding hydrogens is 249 g/mol. The molecule has 0 aliphatic carbocycles. The summed E-state index contributed by atoms with van der Waals surface area (Å²) in [6, 6.07) is 6.18. The minimum atomic E-state index is -0.361. The van der Waals surface area contributed by atoms with Crippen LogP contribution in [0.1, 0.15) is 17.5 Å². The highest BCUT2D eigenvalue weighted by molar-refractivity contribution is 5.33. The Hall–Kier alpha value is -1.48. The maximum atomic E-state index is 13.4. The molecular formula is C14H18FNO3. The first kappa shape index (κ1) is 15.6. The van der Waals surface area contributed by atoms with Crippen molar-refractivity contribution in [1.29, 1.82) is 5.26 Å². The summed E-state index contributed by atoms with van der Waals surface area (Å²) in [6.07, 6.45) is 0.843. The molecule has 0 saturated heterocycles. The lowest BCUT2D eigenvalue weighted by atomic mass is 10.1. The van der Waals surface area contributed by atoms with E-state index in [2.05, 4.69) is 0 Å². The Labute approximate surface area is 112 Å². The minimum Gasteiger partial charge on any atom is -0.385 e. The van der Waals surface area contributed by atoms with Crippen molar-refractivity contribution in [1.82, 2.24) is 0 Å². The van der Waals surface area contributed by atoms with E-state index < -0.39 is 0 Å². The zero-order valence-corrected chi connectivity index (χ0v) is 11.0. The van der Waals surface area contributed by atoms with Crippen LogP contribution in [0.4, 0.5) is 4.39 Å². The van der Waals surface area contributed by atoms with Gasteiger partial charge < -0.3 is 14.2 Å². The van der Waals surface area contributed by atoms with E-state index in [1.54, 1.807) is 7.11 Å². The van der Waals surface area contributed by atoms with Gasteiger partial charge in [-0.2, -0.15) is 5.26 Å². The van der Waals surface area contributed by atoms with Crippen LogP contribution in [0.5, 0.6) is 0 Å². The van der Waals surface area contributed by atoms with Crippen molar-refractivity contribution in [2.75, 3.05) is 33.5 Å². The molecule has 0 unspecified atom stereocenters. The van der Waals surface area contributed by atoms with Gasteiger partial charge in [0.25, 0.3) is 0 Å². The van der Waals surface area contributed by atoms with Crippen LogP contribution >= 0.6 is 0 Å². The predicted molar refractivity (Wildman–Crippen MR) is 68.1 cm³/mol. The molecule has 0 radical (unpaired) electrons. The molecule has 0 aliphatic rings. The maximum Gasteiger partial charge on any atom is 0.128 e. The van der Waals surface area contributed by atoms with Crippen LogP contribution in [0.25, 0.3) is 0 Å². The SMILES string of the molecule is COCCCOCCOCc1cc(C#N)ccc1F. The molecule has 1 rings (SSSR count). The standard InChI is InChI=1S/C14H18FNO3/c1-17-5-2-6-18-7-8-19-11-13-9-12(10-16)3-4-14(13)15/h3-4,9H,2,5-8,11H2,1H3. The molecule has 0 heterocycles. The topological polar surface area (TPSA) is 51.5 Å². The fourth-order valence-electron chi connectivity index (χ4n) is 1.46. The van der Waals surface area contributed by atoms with E-state index in [4.69, 9.17) is 19.5 Å². The number of methoxy groups -OCH3 is 1. The molecule has 0 spiro atoms. The van der Waals surface area contributed by atoms with Gasteiger partial charge in [-0.1, -0.05) is 0 Å². The molecule has 0 aromatic heterocycles. The lowest BCUT2D eigenvalue weighted by molar-refractivity contribution is 0.0329. The van der Waals surface area contributed by atoms with Crippen molar-refractivity contribution in [3.63, 3.8) is 0 Å². The van der Waals surface area contributed by atoms with Crippen LogP contribution in [-0.2, 0) is 20.8 Å². The average Bonchev–Trinajstić information content (AvgIpc) is 2.43. The van der Waals surface area contributed by atoms with Crippen molar-refractivity contribution in [3.05, 3.63) is 35.1 Å². The Kier molecular flexibility index (Phi) is 7.75. The second-order valence-corrected chi connectivity index (χ2v) is 3.93. The van der Waals surface area contributed by atoms with Crippen molar-refractivity contribution in [2.45, 2.75) is 13.0 Å². The van der Waals surface area contributed by atoms with Gasteiger partial charge in [0.15, 0.2) is 0 Å². The molecule has 0 aliphatic heterocycles.